The summed E-state index contributed by atoms with van der Waals surface area (Å²) in [7, 11) is 0. The number of nitrogens with zero attached hydrogens (tertiary/aromatic N) is 1. The highest BCUT2D eigenvalue weighted by Crippen LogP contribution is 2.35. The fourth-order valence-corrected chi connectivity index (χ4v) is 2.88. The molecule has 1 aromatic heterocycles. The summed E-state index contributed by atoms with van der Waals surface area (Å²) in [5, 5.41) is 10.3. The molecule has 0 fully saturated rings. The van der Waals surface area contributed by atoms with E-state index in [-0.39, 0.29) is 6.61 Å². The largest absolute Gasteiger partial charge is 0.455 e. The van der Waals surface area contributed by atoms with Gasteiger partial charge in [0.25, 0.3) is 0 Å². The lowest BCUT2D eigenvalue weighted by atomic mass is 10.2. The zero-order valence-corrected chi connectivity index (χ0v) is 11.8. The van der Waals surface area contributed by atoms with Gasteiger partial charge in [-0.3, -0.25) is 0 Å². The van der Waals surface area contributed by atoms with Crippen LogP contribution in [0.25, 0.3) is 10.2 Å². The first-order valence-electron chi connectivity index (χ1n) is 6.20. The topological polar surface area (TPSA) is 68.4 Å². The summed E-state index contributed by atoms with van der Waals surface area (Å²) in [4.78, 5) is 4.43. The Morgan fingerprint density at radius 3 is 2.85 bits per heavy atom. The Labute approximate surface area is 120 Å². The van der Waals surface area contributed by atoms with Crippen LogP contribution in [0.15, 0.2) is 36.4 Å². The van der Waals surface area contributed by atoms with Crippen LogP contribution in [0.1, 0.15) is 10.6 Å². The zero-order valence-electron chi connectivity index (χ0n) is 11.0. The van der Waals surface area contributed by atoms with Gasteiger partial charge in [-0.2, -0.15) is 0 Å². The summed E-state index contributed by atoms with van der Waals surface area (Å²) in [5.41, 5.74) is 8.19. The van der Waals surface area contributed by atoms with Gasteiger partial charge < -0.3 is 15.6 Å². The van der Waals surface area contributed by atoms with E-state index < -0.39 is 0 Å². The second-order valence-corrected chi connectivity index (χ2v) is 5.69. The van der Waals surface area contributed by atoms with Crippen LogP contribution >= 0.6 is 11.3 Å². The number of aryl methyl sites for hydroxylation is 1. The maximum absolute atomic E-state index is 9.32. The van der Waals surface area contributed by atoms with Gasteiger partial charge in [0, 0.05) is 11.6 Å². The average Bonchev–Trinajstić information content (AvgIpc) is 2.79. The Morgan fingerprint density at radius 1 is 1.25 bits per heavy atom. The van der Waals surface area contributed by atoms with Crippen LogP contribution in [-0.4, -0.2) is 10.1 Å². The normalized spacial score (nSPS) is 10.9. The molecule has 0 aliphatic carbocycles. The molecule has 0 saturated carbocycles. The number of aliphatic hydroxyl groups is 1. The van der Waals surface area contributed by atoms with Gasteiger partial charge in [0.1, 0.15) is 5.75 Å². The maximum Gasteiger partial charge on any atom is 0.152 e. The van der Waals surface area contributed by atoms with E-state index in [1.54, 1.807) is 11.3 Å². The van der Waals surface area contributed by atoms with Gasteiger partial charge in [0.05, 0.1) is 27.5 Å². The number of aliphatic hydroxyl groups excluding tert-OH is 1. The van der Waals surface area contributed by atoms with Crippen LogP contribution in [0.3, 0.4) is 0 Å². The Kier molecular flexibility index (Phi) is 3.30. The van der Waals surface area contributed by atoms with Crippen molar-refractivity contribution in [2.45, 2.75) is 13.5 Å². The molecule has 0 aliphatic rings. The third-order valence-electron chi connectivity index (χ3n) is 2.99. The fourth-order valence-electron chi connectivity index (χ4n) is 2.03. The second-order valence-electron chi connectivity index (χ2n) is 4.46. The second kappa shape index (κ2) is 5.11. The number of aromatic nitrogens is 1. The maximum atomic E-state index is 9.32. The molecule has 0 amide bonds. The Balaban J connectivity index is 2.03. The van der Waals surface area contributed by atoms with Crippen molar-refractivity contribution < 1.29 is 9.84 Å². The fraction of sp³-hybridized carbons (Fsp3) is 0.133. The number of ether oxygens (including phenoxy) is 1. The van der Waals surface area contributed by atoms with E-state index in [0.29, 0.717) is 17.2 Å². The molecule has 0 bridgehead atoms. The number of anilines is 1. The molecule has 3 aromatic rings. The SMILES string of the molecule is Cc1nc2cc(Oc3ccccc3CO)c(N)cc2s1. The first kappa shape index (κ1) is 12.9. The van der Waals surface area contributed by atoms with E-state index in [4.69, 9.17) is 10.5 Å². The number of para-hydroxylation sites is 1. The van der Waals surface area contributed by atoms with E-state index in [9.17, 15) is 5.11 Å². The smallest absolute Gasteiger partial charge is 0.152 e. The summed E-state index contributed by atoms with van der Waals surface area (Å²) in [6.45, 7) is 1.89. The van der Waals surface area contributed by atoms with Crippen molar-refractivity contribution in [1.29, 1.82) is 0 Å². The number of nitrogens with two attached hydrogens (primary N) is 1. The summed E-state index contributed by atoms with van der Waals surface area (Å²) in [6, 6.07) is 11.0. The molecule has 20 heavy (non-hydrogen) atoms. The molecule has 102 valence electrons. The van der Waals surface area contributed by atoms with Crippen LogP contribution in [-0.2, 0) is 6.61 Å². The molecule has 3 rings (SSSR count). The Bertz CT molecular complexity index is 768. The Morgan fingerprint density at radius 2 is 2.05 bits per heavy atom. The lowest BCUT2D eigenvalue weighted by Gasteiger charge is -2.11. The molecule has 1 heterocycles. The van der Waals surface area contributed by atoms with Gasteiger partial charge >= 0.3 is 0 Å². The van der Waals surface area contributed by atoms with Crippen molar-refractivity contribution in [3.63, 3.8) is 0 Å². The minimum atomic E-state index is -0.0753. The van der Waals surface area contributed by atoms with Crippen molar-refractivity contribution in [3.8, 4) is 11.5 Å². The molecule has 2 aromatic carbocycles. The minimum absolute atomic E-state index is 0.0753. The molecule has 0 aliphatic heterocycles. The standard InChI is InChI=1S/C15H14N2O2S/c1-9-17-12-7-14(11(16)6-15(12)20-9)19-13-5-3-2-4-10(13)8-18/h2-7,18H,8,16H2,1H3. The van der Waals surface area contributed by atoms with Gasteiger partial charge in [0.15, 0.2) is 5.75 Å². The number of fused-ring (bicyclic) bond motifs is 1. The third kappa shape index (κ3) is 2.33. The van der Waals surface area contributed by atoms with Gasteiger partial charge in [0.2, 0.25) is 0 Å². The van der Waals surface area contributed by atoms with E-state index in [2.05, 4.69) is 4.98 Å². The molecule has 0 spiro atoms. The van der Waals surface area contributed by atoms with Crippen LogP contribution in [0, 0.1) is 6.92 Å². The van der Waals surface area contributed by atoms with Gasteiger partial charge in [-0.25, -0.2) is 4.98 Å². The molecule has 0 radical (unpaired) electrons. The number of hydrogen-bond donors (Lipinski definition) is 2. The molecule has 4 nitrogen and oxygen atoms in total. The number of rotatable bonds is 3. The van der Waals surface area contributed by atoms with Crippen molar-refractivity contribution in [2.75, 3.05) is 5.73 Å². The lowest BCUT2D eigenvalue weighted by Crippen LogP contribution is -1.95. The van der Waals surface area contributed by atoms with Crippen LogP contribution in [0.4, 0.5) is 5.69 Å². The van der Waals surface area contributed by atoms with E-state index >= 15 is 0 Å². The average molecular weight is 286 g/mol. The van der Waals surface area contributed by atoms with E-state index in [1.807, 2.05) is 43.3 Å². The monoisotopic (exact) mass is 286 g/mol. The number of benzene rings is 2. The molecular weight excluding hydrogens is 272 g/mol. The highest BCUT2D eigenvalue weighted by atomic mass is 32.1. The zero-order chi connectivity index (χ0) is 14.1. The highest BCUT2D eigenvalue weighted by Gasteiger charge is 2.10. The predicted octanol–water partition coefficient (Wildman–Crippen LogP) is 3.47. The molecule has 0 saturated heterocycles. The molecule has 0 unspecified atom stereocenters. The first-order valence-corrected chi connectivity index (χ1v) is 7.02. The van der Waals surface area contributed by atoms with Crippen LogP contribution in [0.5, 0.6) is 11.5 Å². The molecule has 5 heteroatoms. The van der Waals surface area contributed by atoms with E-state index in [0.717, 1.165) is 20.8 Å². The predicted molar refractivity (Wildman–Crippen MR) is 81.2 cm³/mol. The quantitative estimate of drug-likeness (QED) is 0.723. The van der Waals surface area contributed by atoms with Gasteiger partial charge in [-0.05, 0) is 19.1 Å². The summed E-state index contributed by atoms with van der Waals surface area (Å²) < 4.78 is 6.87. The minimum Gasteiger partial charge on any atom is -0.455 e. The Hall–Kier alpha value is -2.11. The highest BCUT2D eigenvalue weighted by molar-refractivity contribution is 7.18. The first-order chi connectivity index (χ1) is 9.67. The third-order valence-corrected chi connectivity index (χ3v) is 3.92. The molecule has 3 N–H and O–H groups in total. The molecular formula is C15H14N2O2S. The van der Waals surface area contributed by atoms with Gasteiger partial charge in [-0.1, -0.05) is 18.2 Å². The summed E-state index contributed by atoms with van der Waals surface area (Å²) in [5.74, 6) is 1.16. The molecule has 0 atom stereocenters. The van der Waals surface area contributed by atoms with E-state index in [1.165, 1.54) is 0 Å². The number of thiazole rings is 1. The number of nitrogen functional groups attached to an aromatic ring is 1. The summed E-state index contributed by atoms with van der Waals surface area (Å²) >= 11 is 1.60. The lowest BCUT2D eigenvalue weighted by molar-refractivity contribution is 0.276. The van der Waals surface area contributed by atoms with Crippen LogP contribution < -0.4 is 10.5 Å². The van der Waals surface area contributed by atoms with Crippen molar-refractivity contribution in [3.05, 3.63) is 47.0 Å². The van der Waals surface area contributed by atoms with Gasteiger partial charge in [-0.15, -0.1) is 11.3 Å². The van der Waals surface area contributed by atoms with Crippen molar-refractivity contribution in [1.82, 2.24) is 4.98 Å². The van der Waals surface area contributed by atoms with Crippen molar-refractivity contribution >= 4 is 27.2 Å². The number of hydrogen-bond acceptors (Lipinski definition) is 5. The van der Waals surface area contributed by atoms with Crippen LogP contribution in [0.2, 0.25) is 0 Å². The summed E-state index contributed by atoms with van der Waals surface area (Å²) in [6.07, 6.45) is 0. The van der Waals surface area contributed by atoms with Crippen molar-refractivity contribution in [2.24, 2.45) is 0 Å².